The Morgan fingerprint density at radius 1 is 1.13 bits per heavy atom. The standard InChI is InChI=1S/C12H27NO2/c1-4-6-13(7-9-14)8-11-15-10-5-12(2)3/h12,14H,4-11H2,1-3H3. The monoisotopic (exact) mass is 217 g/mol. The largest absolute Gasteiger partial charge is 0.395 e. The highest BCUT2D eigenvalue weighted by atomic mass is 16.5. The predicted molar refractivity (Wildman–Crippen MR) is 64.1 cm³/mol. The van der Waals surface area contributed by atoms with Crippen LogP contribution in [-0.2, 0) is 4.74 Å². The van der Waals surface area contributed by atoms with E-state index in [-0.39, 0.29) is 6.61 Å². The maximum absolute atomic E-state index is 8.86. The lowest BCUT2D eigenvalue weighted by Crippen LogP contribution is -2.31. The van der Waals surface area contributed by atoms with Crippen LogP contribution in [0.5, 0.6) is 0 Å². The molecule has 0 saturated carbocycles. The molecule has 0 aromatic heterocycles. The minimum atomic E-state index is 0.242. The van der Waals surface area contributed by atoms with Crippen molar-refractivity contribution in [3.63, 3.8) is 0 Å². The lowest BCUT2D eigenvalue weighted by Gasteiger charge is -2.20. The van der Waals surface area contributed by atoms with E-state index in [0.29, 0.717) is 5.92 Å². The fraction of sp³-hybridized carbons (Fsp3) is 1.00. The highest BCUT2D eigenvalue weighted by Gasteiger charge is 2.02. The van der Waals surface area contributed by atoms with Crippen molar-refractivity contribution in [2.45, 2.75) is 33.6 Å². The summed E-state index contributed by atoms with van der Waals surface area (Å²) < 4.78 is 5.54. The van der Waals surface area contributed by atoms with E-state index < -0.39 is 0 Å². The fourth-order valence-electron chi connectivity index (χ4n) is 1.41. The van der Waals surface area contributed by atoms with Gasteiger partial charge in [-0.15, -0.1) is 0 Å². The van der Waals surface area contributed by atoms with Gasteiger partial charge in [0.1, 0.15) is 0 Å². The molecule has 3 nitrogen and oxygen atoms in total. The van der Waals surface area contributed by atoms with Gasteiger partial charge >= 0.3 is 0 Å². The summed E-state index contributed by atoms with van der Waals surface area (Å²) in [6, 6.07) is 0. The molecule has 92 valence electrons. The Morgan fingerprint density at radius 3 is 2.40 bits per heavy atom. The smallest absolute Gasteiger partial charge is 0.0593 e. The average Bonchev–Trinajstić information content (AvgIpc) is 2.17. The van der Waals surface area contributed by atoms with Crippen molar-refractivity contribution in [3.8, 4) is 0 Å². The van der Waals surface area contributed by atoms with Crippen LogP contribution in [0.15, 0.2) is 0 Å². The zero-order chi connectivity index (χ0) is 11.5. The van der Waals surface area contributed by atoms with E-state index in [9.17, 15) is 0 Å². The van der Waals surface area contributed by atoms with Gasteiger partial charge in [-0.2, -0.15) is 0 Å². The summed E-state index contributed by atoms with van der Waals surface area (Å²) in [6.45, 7) is 11.2. The molecule has 0 bridgehead atoms. The Kier molecular flexibility index (Phi) is 10.3. The fourth-order valence-corrected chi connectivity index (χ4v) is 1.41. The van der Waals surface area contributed by atoms with Crippen molar-refractivity contribution < 1.29 is 9.84 Å². The van der Waals surface area contributed by atoms with Gasteiger partial charge in [0.15, 0.2) is 0 Å². The summed E-state index contributed by atoms with van der Waals surface area (Å²) in [6.07, 6.45) is 2.26. The van der Waals surface area contributed by atoms with Gasteiger partial charge in [-0.25, -0.2) is 0 Å². The first kappa shape index (κ1) is 14.9. The van der Waals surface area contributed by atoms with Crippen LogP contribution in [0.4, 0.5) is 0 Å². The molecule has 0 fully saturated rings. The highest BCUT2D eigenvalue weighted by molar-refractivity contribution is 4.55. The Labute approximate surface area is 94.4 Å². The molecular formula is C12H27NO2. The molecule has 0 aliphatic rings. The van der Waals surface area contributed by atoms with Gasteiger partial charge in [0.05, 0.1) is 13.2 Å². The zero-order valence-corrected chi connectivity index (χ0v) is 10.5. The van der Waals surface area contributed by atoms with Crippen molar-refractivity contribution in [2.75, 3.05) is 39.5 Å². The average molecular weight is 217 g/mol. The number of aliphatic hydroxyl groups excluding tert-OH is 1. The zero-order valence-electron chi connectivity index (χ0n) is 10.5. The molecule has 0 rings (SSSR count). The molecule has 0 aliphatic carbocycles. The summed E-state index contributed by atoms with van der Waals surface area (Å²) in [4.78, 5) is 2.25. The molecule has 0 saturated heterocycles. The van der Waals surface area contributed by atoms with Crippen LogP contribution < -0.4 is 0 Å². The second-order valence-electron chi connectivity index (χ2n) is 4.36. The van der Waals surface area contributed by atoms with Crippen molar-refractivity contribution in [3.05, 3.63) is 0 Å². The van der Waals surface area contributed by atoms with Gasteiger partial charge < -0.3 is 9.84 Å². The van der Waals surface area contributed by atoms with Crippen LogP contribution >= 0.6 is 0 Å². The highest BCUT2D eigenvalue weighted by Crippen LogP contribution is 1.99. The maximum atomic E-state index is 8.86. The van der Waals surface area contributed by atoms with E-state index in [1.807, 2.05) is 0 Å². The maximum Gasteiger partial charge on any atom is 0.0593 e. The van der Waals surface area contributed by atoms with Crippen molar-refractivity contribution in [1.29, 1.82) is 0 Å². The molecular weight excluding hydrogens is 190 g/mol. The third-order valence-electron chi connectivity index (χ3n) is 2.35. The Morgan fingerprint density at radius 2 is 1.87 bits per heavy atom. The second-order valence-corrected chi connectivity index (χ2v) is 4.36. The molecule has 0 radical (unpaired) electrons. The second kappa shape index (κ2) is 10.4. The topological polar surface area (TPSA) is 32.7 Å². The Balaban J connectivity index is 3.36. The molecule has 0 atom stereocenters. The van der Waals surface area contributed by atoms with E-state index in [0.717, 1.165) is 45.7 Å². The Hall–Kier alpha value is -0.120. The third kappa shape index (κ3) is 10.2. The number of hydrogen-bond acceptors (Lipinski definition) is 3. The van der Waals surface area contributed by atoms with Crippen LogP contribution in [-0.4, -0.2) is 49.5 Å². The van der Waals surface area contributed by atoms with Crippen molar-refractivity contribution in [2.24, 2.45) is 5.92 Å². The van der Waals surface area contributed by atoms with Crippen LogP contribution in [0.1, 0.15) is 33.6 Å². The first-order valence-electron chi connectivity index (χ1n) is 6.11. The van der Waals surface area contributed by atoms with Gasteiger partial charge in [0.25, 0.3) is 0 Å². The molecule has 0 unspecified atom stereocenters. The van der Waals surface area contributed by atoms with Gasteiger partial charge in [-0.3, -0.25) is 4.90 Å². The predicted octanol–water partition coefficient (Wildman–Crippen LogP) is 1.75. The molecule has 0 amide bonds. The van der Waals surface area contributed by atoms with Crippen LogP contribution in [0, 0.1) is 5.92 Å². The SMILES string of the molecule is CCCN(CCO)CCOCCC(C)C. The Bertz CT molecular complexity index is 123. The van der Waals surface area contributed by atoms with E-state index in [2.05, 4.69) is 25.7 Å². The number of ether oxygens (including phenoxy) is 1. The molecule has 0 aliphatic heterocycles. The van der Waals surface area contributed by atoms with Crippen LogP contribution in [0.3, 0.4) is 0 Å². The molecule has 0 heterocycles. The van der Waals surface area contributed by atoms with Gasteiger partial charge in [0.2, 0.25) is 0 Å². The number of aliphatic hydroxyl groups is 1. The van der Waals surface area contributed by atoms with Gasteiger partial charge in [-0.1, -0.05) is 20.8 Å². The van der Waals surface area contributed by atoms with Crippen molar-refractivity contribution in [1.82, 2.24) is 4.90 Å². The minimum Gasteiger partial charge on any atom is -0.395 e. The lowest BCUT2D eigenvalue weighted by atomic mass is 10.1. The molecule has 1 N–H and O–H groups in total. The van der Waals surface area contributed by atoms with E-state index >= 15 is 0 Å². The summed E-state index contributed by atoms with van der Waals surface area (Å²) in [7, 11) is 0. The van der Waals surface area contributed by atoms with Crippen LogP contribution in [0.2, 0.25) is 0 Å². The number of nitrogens with zero attached hydrogens (tertiary/aromatic N) is 1. The minimum absolute atomic E-state index is 0.242. The molecule has 0 spiro atoms. The van der Waals surface area contributed by atoms with E-state index in [1.165, 1.54) is 0 Å². The van der Waals surface area contributed by atoms with Gasteiger partial charge in [0, 0.05) is 19.7 Å². The molecule has 0 aromatic rings. The number of rotatable bonds is 10. The third-order valence-corrected chi connectivity index (χ3v) is 2.35. The molecule has 0 aromatic carbocycles. The van der Waals surface area contributed by atoms with Crippen LogP contribution in [0.25, 0.3) is 0 Å². The number of hydrogen-bond donors (Lipinski definition) is 1. The van der Waals surface area contributed by atoms with E-state index in [1.54, 1.807) is 0 Å². The summed E-state index contributed by atoms with van der Waals surface area (Å²) >= 11 is 0. The van der Waals surface area contributed by atoms with Gasteiger partial charge in [-0.05, 0) is 25.3 Å². The quantitative estimate of drug-likeness (QED) is 0.566. The normalized spacial score (nSPS) is 11.6. The first-order valence-corrected chi connectivity index (χ1v) is 6.11. The molecule has 3 heteroatoms. The van der Waals surface area contributed by atoms with Crippen molar-refractivity contribution >= 4 is 0 Å². The molecule has 15 heavy (non-hydrogen) atoms. The summed E-state index contributed by atoms with van der Waals surface area (Å²) in [5.74, 6) is 0.717. The van der Waals surface area contributed by atoms with E-state index in [4.69, 9.17) is 9.84 Å². The summed E-state index contributed by atoms with van der Waals surface area (Å²) in [5, 5.41) is 8.86. The lowest BCUT2D eigenvalue weighted by molar-refractivity contribution is 0.0892. The summed E-state index contributed by atoms with van der Waals surface area (Å²) in [5.41, 5.74) is 0. The first-order chi connectivity index (χ1) is 7.20.